The van der Waals surface area contributed by atoms with Crippen LogP contribution < -0.4 is 16.4 Å². The molecule has 1 aromatic carbocycles. The Morgan fingerprint density at radius 3 is 3.11 bits per heavy atom. The minimum absolute atomic E-state index is 0.0927. The molecule has 0 radical (unpaired) electrons. The van der Waals surface area contributed by atoms with E-state index in [-0.39, 0.29) is 6.10 Å². The number of hydrogen-bond acceptors (Lipinski definition) is 4. The molecule has 98 valence electrons. The Hall–Kier alpha value is -1.30. The van der Waals surface area contributed by atoms with E-state index in [4.69, 9.17) is 22.1 Å². The average molecular weight is 270 g/mol. The lowest BCUT2D eigenvalue weighted by Crippen LogP contribution is -2.42. The lowest BCUT2D eigenvalue weighted by atomic mass is 10.1. The van der Waals surface area contributed by atoms with Crippen molar-refractivity contribution in [1.82, 2.24) is 5.32 Å². The number of carbonyl (C=O) groups excluding carboxylic acids is 1. The van der Waals surface area contributed by atoms with Crippen LogP contribution in [0, 0.1) is 0 Å². The van der Waals surface area contributed by atoms with Crippen molar-refractivity contribution in [2.24, 2.45) is 5.73 Å². The van der Waals surface area contributed by atoms with Crippen LogP contribution in [0.25, 0.3) is 0 Å². The van der Waals surface area contributed by atoms with E-state index in [1.165, 1.54) is 0 Å². The second-order valence-corrected chi connectivity index (χ2v) is 4.57. The minimum Gasteiger partial charge on any atom is -0.382 e. The van der Waals surface area contributed by atoms with Crippen LogP contribution in [-0.2, 0) is 4.74 Å². The molecular formula is C12H16ClN3O2. The molecule has 4 N–H and O–H groups in total. The zero-order chi connectivity index (χ0) is 13.0. The van der Waals surface area contributed by atoms with E-state index in [0.29, 0.717) is 29.4 Å². The average Bonchev–Trinajstić information content (AvgIpc) is 2.38. The normalized spacial score (nSPS) is 19.5. The summed E-state index contributed by atoms with van der Waals surface area (Å²) in [5.41, 5.74) is 6.39. The maximum absolute atomic E-state index is 11.3. The van der Waals surface area contributed by atoms with Gasteiger partial charge in [0, 0.05) is 30.3 Å². The van der Waals surface area contributed by atoms with E-state index in [0.717, 1.165) is 13.1 Å². The molecule has 1 aliphatic rings. The van der Waals surface area contributed by atoms with Gasteiger partial charge in [0.1, 0.15) is 0 Å². The van der Waals surface area contributed by atoms with Gasteiger partial charge in [-0.3, -0.25) is 4.79 Å². The molecular weight excluding hydrogens is 254 g/mol. The van der Waals surface area contributed by atoms with Gasteiger partial charge in [0.2, 0.25) is 0 Å². The lowest BCUT2D eigenvalue weighted by molar-refractivity contribution is 0.0372. The standard InChI is InChI=1S/C12H16ClN3O2/c13-8-1-2-11(10(5-8)12(14)17)16-7-9-6-15-3-4-18-9/h1-2,5,9,15-16H,3-4,6-7H2,(H2,14,17). The highest BCUT2D eigenvalue weighted by atomic mass is 35.5. The van der Waals surface area contributed by atoms with Crippen molar-refractivity contribution in [3.8, 4) is 0 Å². The van der Waals surface area contributed by atoms with Crippen LogP contribution in [0.5, 0.6) is 0 Å². The molecule has 0 spiro atoms. The van der Waals surface area contributed by atoms with Gasteiger partial charge in [-0.15, -0.1) is 0 Å². The van der Waals surface area contributed by atoms with Crippen molar-refractivity contribution in [3.05, 3.63) is 28.8 Å². The Morgan fingerprint density at radius 2 is 2.44 bits per heavy atom. The molecule has 1 aromatic rings. The molecule has 1 amide bonds. The molecule has 1 saturated heterocycles. The third kappa shape index (κ3) is 3.35. The number of nitrogens with two attached hydrogens (primary N) is 1. The maximum Gasteiger partial charge on any atom is 0.250 e. The van der Waals surface area contributed by atoms with Gasteiger partial charge in [0.05, 0.1) is 18.3 Å². The number of nitrogens with one attached hydrogen (secondary N) is 2. The summed E-state index contributed by atoms with van der Waals surface area (Å²) in [5.74, 6) is -0.498. The van der Waals surface area contributed by atoms with Gasteiger partial charge in [0.25, 0.3) is 5.91 Å². The highest BCUT2D eigenvalue weighted by Crippen LogP contribution is 2.20. The number of amides is 1. The number of benzene rings is 1. The highest BCUT2D eigenvalue weighted by Gasteiger charge is 2.14. The number of anilines is 1. The van der Waals surface area contributed by atoms with Gasteiger partial charge in [-0.2, -0.15) is 0 Å². The molecule has 0 saturated carbocycles. The van der Waals surface area contributed by atoms with Gasteiger partial charge in [-0.25, -0.2) is 0 Å². The van der Waals surface area contributed by atoms with Crippen molar-refractivity contribution < 1.29 is 9.53 Å². The van der Waals surface area contributed by atoms with E-state index in [9.17, 15) is 4.79 Å². The van der Waals surface area contributed by atoms with Crippen LogP contribution in [0.1, 0.15) is 10.4 Å². The molecule has 0 aromatic heterocycles. The van der Waals surface area contributed by atoms with Gasteiger partial charge < -0.3 is 21.1 Å². The summed E-state index contributed by atoms with van der Waals surface area (Å²) in [6, 6.07) is 5.03. The van der Waals surface area contributed by atoms with Gasteiger partial charge in [0.15, 0.2) is 0 Å². The summed E-state index contributed by atoms with van der Waals surface area (Å²) >= 11 is 5.84. The number of rotatable bonds is 4. The van der Waals surface area contributed by atoms with Crippen LogP contribution in [-0.4, -0.2) is 38.3 Å². The predicted molar refractivity (Wildman–Crippen MR) is 71.1 cm³/mol. The fraction of sp³-hybridized carbons (Fsp3) is 0.417. The number of carbonyl (C=O) groups is 1. The number of ether oxygens (including phenoxy) is 1. The summed E-state index contributed by atoms with van der Waals surface area (Å²) in [6.07, 6.45) is 0.0927. The fourth-order valence-electron chi connectivity index (χ4n) is 1.85. The van der Waals surface area contributed by atoms with E-state index >= 15 is 0 Å². The topological polar surface area (TPSA) is 76.4 Å². The van der Waals surface area contributed by atoms with Crippen molar-refractivity contribution in [2.75, 3.05) is 31.6 Å². The molecule has 1 unspecified atom stereocenters. The van der Waals surface area contributed by atoms with Crippen molar-refractivity contribution in [3.63, 3.8) is 0 Å². The Morgan fingerprint density at radius 1 is 1.61 bits per heavy atom. The molecule has 18 heavy (non-hydrogen) atoms. The van der Waals surface area contributed by atoms with Crippen molar-refractivity contribution >= 4 is 23.2 Å². The third-order valence-corrected chi connectivity index (χ3v) is 3.01. The van der Waals surface area contributed by atoms with E-state index < -0.39 is 5.91 Å². The van der Waals surface area contributed by atoms with Crippen LogP contribution in [0.4, 0.5) is 5.69 Å². The van der Waals surface area contributed by atoms with Crippen molar-refractivity contribution in [2.45, 2.75) is 6.10 Å². The van der Waals surface area contributed by atoms with Gasteiger partial charge >= 0.3 is 0 Å². The molecule has 1 fully saturated rings. The first-order chi connectivity index (χ1) is 8.66. The first kappa shape index (κ1) is 13.1. The van der Waals surface area contributed by atoms with E-state index in [2.05, 4.69) is 10.6 Å². The lowest BCUT2D eigenvalue weighted by Gasteiger charge is -2.24. The Labute approximate surface area is 111 Å². The van der Waals surface area contributed by atoms with E-state index in [1.807, 2.05) is 0 Å². The van der Waals surface area contributed by atoms with Gasteiger partial charge in [-0.05, 0) is 18.2 Å². The summed E-state index contributed by atoms with van der Waals surface area (Å²) < 4.78 is 5.56. The number of halogens is 1. The molecule has 6 heteroatoms. The zero-order valence-corrected chi connectivity index (χ0v) is 10.7. The van der Waals surface area contributed by atoms with Crippen LogP contribution in [0.15, 0.2) is 18.2 Å². The number of primary amides is 1. The second kappa shape index (κ2) is 6.04. The summed E-state index contributed by atoms with van der Waals surface area (Å²) in [4.78, 5) is 11.3. The number of hydrogen-bond donors (Lipinski definition) is 3. The second-order valence-electron chi connectivity index (χ2n) is 4.13. The highest BCUT2D eigenvalue weighted by molar-refractivity contribution is 6.31. The Kier molecular flexibility index (Phi) is 4.41. The molecule has 2 rings (SSSR count). The SMILES string of the molecule is NC(=O)c1cc(Cl)ccc1NCC1CNCCO1. The van der Waals surface area contributed by atoms with Crippen LogP contribution >= 0.6 is 11.6 Å². The molecule has 1 aliphatic heterocycles. The molecule has 1 heterocycles. The predicted octanol–water partition coefficient (Wildman–Crippen LogP) is 0.839. The fourth-order valence-corrected chi connectivity index (χ4v) is 2.02. The third-order valence-electron chi connectivity index (χ3n) is 2.77. The first-order valence-electron chi connectivity index (χ1n) is 5.82. The Bertz CT molecular complexity index is 433. The number of morpholine rings is 1. The van der Waals surface area contributed by atoms with E-state index in [1.54, 1.807) is 18.2 Å². The smallest absolute Gasteiger partial charge is 0.250 e. The van der Waals surface area contributed by atoms with Gasteiger partial charge in [-0.1, -0.05) is 11.6 Å². The Balaban J connectivity index is 2.01. The molecule has 0 aliphatic carbocycles. The zero-order valence-electron chi connectivity index (χ0n) is 9.91. The molecule has 5 nitrogen and oxygen atoms in total. The largest absolute Gasteiger partial charge is 0.382 e. The minimum atomic E-state index is -0.498. The van der Waals surface area contributed by atoms with Crippen LogP contribution in [0.2, 0.25) is 5.02 Å². The summed E-state index contributed by atoms with van der Waals surface area (Å²) in [5, 5.41) is 6.90. The summed E-state index contributed by atoms with van der Waals surface area (Å²) in [6.45, 7) is 3.00. The van der Waals surface area contributed by atoms with Crippen molar-refractivity contribution in [1.29, 1.82) is 0 Å². The monoisotopic (exact) mass is 269 g/mol. The molecule has 0 bridgehead atoms. The van der Waals surface area contributed by atoms with Crippen LogP contribution in [0.3, 0.4) is 0 Å². The maximum atomic E-state index is 11.3. The quantitative estimate of drug-likeness (QED) is 0.757. The molecule has 1 atom stereocenters. The first-order valence-corrected chi connectivity index (χ1v) is 6.20. The summed E-state index contributed by atoms with van der Waals surface area (Å²) in [7, 11) is 0.